The van der Waals surface area contributed by atoms with Crippen LogP contribution in [0, 0.1) is 13.8 Å². The first-order valence-electron chi connectivity index (χ1n) is 9.20. The van der Waals surface area contributed by atoms with Crippen LogP contribution in [0.2, 0.25) is 0 Å². The Balaban J connectivity index is 1.53. The van der Waals surface area contributed by atoms with Gasteiger partial charge in [0.1, 0.15) is 11.1 Å². The van der Waals surface area contributed by atoms with Gasteiger partial charge in [-0.3, -0.25) is 4.79 Å². The molecule has 0 saturated carbocycles. The highest BCUT2D eigenvalue weighted by molar-refractivity contribution is 7.89. The van der Waals surface area contributed by atoms with Gasteiger partial charge < -0.3 is 10.6 Å². The summed E-state index contributed by atoms with van der Waals surface area (Å²) in [5.74, 6) is -0.217. The summed E-state index contributed by atoms with van der Waals surface area (Å²) in [6, 6.07) is 19.4. The van der Waals surface area contributed by atoms with Crippen LogP contribution in [-0.2, 0) is 10.0 Å². The van der Waals surface area contributed by atoms with Crippen molar-refractivity contribution in [3.05, 3.63) is 89.0 Å². The smallest absolute Gasteiger partial charge is 0.255 e. The van der Waals surface area contributed by atoms with Crippen LogP contribution in [0.25, 0.3) is 0 Å². The molecule has 0 aromatic heterocycles. The number of sulfonamides is 1. The molecule has 1 atom stereocenters. The van der Waals surface area contributed by atoms with E-state index in [1.165, 1.54) is 0 Å². The van der Waals surface area contributed by atoms with Crippen molar-refractivity contribution in [2.24, 2.45) is 0 Å². The maximum atomic E-state index is 12.6. The van der Waals surface area contributed by atoms with Crippen molar-refractivity contribution in [3.8, 4) is 0 Å². The third-order valence-corrected chi connectivity index (χ3v) is 6.37. The van der Waals surface area contributed by atoms with Crippen LogP contribution in [0.5, 0.6) is 0 Å². The molecule has 4 rings (SSSR count). The molecule has 1 aliphatic rings. The fourth-order valence-corrected chi connectivity index (χ4v) is 4.66. The van der Waals surface area contributed by atoms with Crippen molar-refractivity contribution in [2.45, 2.75) is 24.9 Å². The first kappa shape index (κ1) is 19.2. The largest absolute Gasteiger partial charge is 0.364 e. The Bertz CT molecular complexity index is 1190. The molecular weight excluding hydrogens is 386 g/mol. The summed E-state index contributed by atoms with van der Waals surface area (Å²) in [5.41, 5.74) is 4.65. The molecule has 3 N–H and O–H groups in total. The van der Waals surface area contributed by atoms with Gasteiger partial charge in [-0.1, -0.05) is 42.0 Å². The SMILES string of the molecule is Cc1ccc(NC(=O)c2ccc([C@H]3Nc4ccccc4S(=O)(=O)N3)cc2)c(C)c1. The topological polar surface area (TPSA) is 87.3 Å². The molecule has 0 unspecified atom stereocenters. The van der Waals surface area contributed by atoms with Gasteiger partial charge in [0.15, 0.2) is 0 Å². The number of amides is 1. The molecule has 3 aromatic carbocycles. The number of para-hydroxylation sites is 1. The second-order valence-corrected chi connectivity index (χ2v) is 8.77. The Morgan fingerprint density at radius 3 is 2.41 bits per heavy atom. The van der Waals surface area contributed by atoms with Crippen molar-refractivity contribution < 1.29 is 13.2 Å². The third-order valence-electron chi connectivity index (χ3n) is 4.89. The Hall–Kier alpha value is -3.16. The van der Waals surface area contributed by atoms with Crippen LogP contribution in [0.15, 0.2) is 71.6 Å². The predicted octanol–water partition coefficient (Wildman–Crippen LogP) is 3.96. The quantitative estimate of drug-likeness (QED) is 0.613. The highest BCUT2D eigenvalue weighted by Crippen LogP contribution is 2.30. The van der Waals surface area contributed by atoms with Gasteiger partial charge in [-0.25, -0.2) is 8.42 Å². The molecule has 0 bridgehead atoms. The van der Waals surface area contributed by atoms with Gasteiger partial charge in [-0.05, 0) is 55.3 Å². The minimum absolute atomic E-state index is 0.217. The van der Waals surface area contributed by atoms with Crippen LogP contribution in [-0.4, -0.2) is 14.3 Å². The summed E-state index contributed by atoms with van der Waals surface area (Å²) in [4.78, 5) is 12.8. The van der Waals surface area contributed by atoms with Gasteiger partial charge in [0.25, 0.3) is 5.91 Å². The van der Waals surface area contributed by atoms with E-state index >= 15 is 0 Å². The lowest BCUT2D eigenvalue weighted by molar-refractivity contribution is 0.102. The summed E-state index contributed by atoms with van der Waals surface area (Å²) in [7, 11) is -3.61. The normalized spacial score (nSPS) is 17.1. The number of anilines is 2. The Morgan fingerprint density at radius 2 is 1.69 bits per heavy atom. The second kappa shape index (κ2) is 7.35. The molecule has 0 spiro atoms. The zero-order chi connectivity index (χ0) is 20.6. The molecular formula is C22H21N3O3S. The van der Waals surface area contributed by atoms with E-state index in [0.29, 0.717) is 16.8 Å². The maximum absolute atomic E-state index is 12.6. The average molecular weight is 407 g/mol. The minimum Gasteiger partial charge on any atom is -0.364 e. The number of aryl methyl sites for hydroxylation is 2. The first-order valence-corrected chi connectivity index (χ1v) is 10.7. The van der Waals surface area contributed by atoms with Crippen molar-refractivity contribution in [1.82, 2.24) is 4.72 Å². The Kier molecular flexibility index (Phi) is 4.86. The zero-order valence-corrected chi connectivity index (χ0v) is 16.9. The molecule has 0 radical (unpaired) electrons. The molecule has 3 aromatic rings. The molecule has 1 heterocycles. The number of nitrogens with one attached hydrogen (secondary N) is 3. The number of fused-ring (bicyclic) bond motifs is 1. The average Bonchev–Trinajstić information content (AvgIpc) is 2.69. The summed E-state index contributed by atoms with van der Waals surface area (Å²) < 4.78 is 27.6. The number of hydrogen-bond acceptors (Lipinski definition) is 4. The van der Waals surface area contributed by atoms with E-state index in [1.54, 1.807) is 48.5 Å². The highest BCUT2D eigenvalue weighted by Gasteiger charge is 2.29. The molecule has 7 heteroatoms. The van der Waals surface area contributed by atoms with Gasteiger partial charge in [-0.15, -0.1) is 0 Å². The van der Waals surface area contributed by atoms with E-state index in [2.05, 4.69) is 15.4 Å². The number of rotatable bonds is 3. The molecule has 0 aliphatic carbocycles. The standard InChI is InChI=1S/C22H21N3O3S/c1-14-7-12-18(15(2)13-14)24-22(26)17-10-8-16(9-11-17)21-23-19-5-3-4-6-20(19)29(27,28)25-21/h3-13,21,23,25H,1-2H3,(H,24,26)/t21-/m0/s1. The fraction of sp³-hybridized carbons (Fsp3) is 0.136. The van der Waals surface area contributed by atoms with Gasteiger partial charge in [-0.2, -0.15) is 4.72 Å². The van der Waals surface area contributed by atoms with Gasteiger partial charge in [0.05, 0.1) is 5.69 Å². The number of hydrogen-bond donors (Lipinski definition) is 3. The fourth-order valence-electron chi connectivity index (χ4n) is 3.35. The van der Waals surface area contributed by atoms with E-state index in [4.69, 9.17) is 0 Å². The van der Waals surface area contributed by atoms with Crippen LogP contribution in [0.1, 0.15) is 33.2 Å². The highest BCUT2D eigenvalue weighted by atomic mass is 32.2. The van der Waals surface area contributed by atoms with E-state index in [-0.39, 0.29) is 10.8 Å². The number of benzene rings is 3. The lowest BCUT2D eigenvalue weighted by atomic mass is 10.1. The molecule has 0 saturated heterocycles. The molecule has 6 nitrogen and oxygen atoms in total. The molecule has 29 heavy (non-hydrogen) atoms. The van der Waals surface area contributed by atoms with Gasteiger partial charge in [0.2, 0.25) is 10.0 Å². The number of carbonyl (C=O) groups is 1. The van der Waals surface area contributed by atoms with Gasteiger partial charge >= 0.3 is 0 Å². The predicted molar refractivity (Wildman–Crippen MR) is 113 cm³/mol. The van der Waals surface area contributed by atoms with E-state index in [0.717, 1.165) is 16.8 Å². The monoisotopic (exact) mass is 407 g/mol. The summed E-state index contributed by atoms with van der Waals surface area (Å²) in [5, 5.41) is 6.09. The summed E-state index contributed by atoms with van der Waals surface area (Å²) in [6.45, 7) is 3.95. The first-order chi connectivity index (χ1) is 13.8. The Labute approximate surface area is 170 Å². The van der Waals surface area contributed by atoms with Crippen molar-refractivity contribution in [2.75, 3.05) is 10.6 Å². The van der Waals surface area contributed by atoms with Crippen LogP contribution >= 0.6 is 0 Å². The van der Waals surface area contributed by atoms with Crippen molar-refractivity contribution >= 4 is 27.3 Å². The molecule has 148 valence electrons. The molecule has 1 amide bonds. The van der Waals surface area contributed by atoms with Crippen molar-refractivity contribution in [1.29, 1.82) is 0 Å². The van der Waals surface area contributed by atoms with Crippen LogP contribution in [0.4, 0.5) is 11.4 Å². The van der Waals surface area contributed by atoms with E-state index < -0.39 is 16.2 Å². The summed E-state index contributed by atoms with van der Waals surface area (Å²) >= 11 is 0. The summed E-state index contributed by atoms with van der Waals surface area (Å²) in [6.07, 6.45) is -0.605. The lowest BCUT2D eigenvalue weighted by Gasteiger charge is -2.28. The van der Waals surface area contributed by atoms with Crippen LogP contribution in [0.3, 0.4) is 0 Å². The number of carbonyl (C=O) groups excluding carboxylic acids is 1. The molecule has 0 fully saturated rings. The molecule has 1 aliphatic heterocycles. The maximum Gasteiger partial charge on any atom is 0.255 e. The van der Waals surface area contributed by atoms with Crippen molar-refractivity contribution in [3.63, 3.8) is 0 Å². The third kappa shape index (κ3) is 3.87. The van der Waals surface area contributed by atoms with E-state index in [1.807, 2.05) is 32.0 Å². The lowest BCUT2D eigenvalue weighted by Crippen LogP contribution is -2.38. The van der Waals surface area contributed by atoms with Crippen LogP contribution < -0.4 is 15.4 Å². The van der Waals surface area contributed by atoms with Gasteiger partial charge in [0, 0.05) is 11.3 Å². The Morgan fingerprint density at radius 1 is 0.966 bits per heavy atom. The van der Waals surface area contributed by atoms with E-state index in [9.17, 15) is 13.2 Å². The zero-order valence-electron chi connectivity index (χ0n) is 16.1. The minimum atomic E-state index is -3.61. The second-order valence-electron chi connectivity index (χ2n) is 7.09.